The smallest absolute Gasteiger partial charge is 0.162 e. The van der Waals surface area contributed by atoms with Crippen molar-refractivity contribution in [1.82, 2.24) is 9.78 Å². The van der Waals surface area contributed by atoms with Crippen molar-refractivity contribution in [2.75, 3.05) is 0 Å². The molecule has 104 valence electrons. The molecule has 0 saturated heterocycles. The molecule has 0 radical (unpaired) electrons. The van der Waals surface area contributed by atoms with Crippen LogP contribution in [0.4, 0.5) is 0 Å². The summed E-state index contributed by atoms with van der Waals surface area (Å²) in [4.78, 5) is 11.8. The summed E-state index contributed by atoms with van der Waals surface area (Å²) in [5.74, 6) is 0.0167. The first kappa shape index (κ1) is 13.8. The molecule has 0 saturated carbocycles. The minimum absolute atomic E-state index is 0.0167. The van der Waals surface area contributed by atoms with Crippen LogP contribution >= 0.6 is 15.9 Å². The Morgan fingerprint density at radius 3 is 2.57 bits per heavy atom. The third kappa shape index (κ3) is 2.81. The van der Waals surface area contributed by atoms with E-state index in [9.17, 15) is 4.79 Å². The highest BCUT2D eigenvalue weighted by atomic mass is 79.9. The van der Waals surface area contributed by atoms with E-state index in [0.717, 1.165) is 21.3 Å². The van der Waals surface area contributed by atoms with E-state index >= 15 is 0 Å². The van der Waals surface area contributed by atoms with Crippen molar-refractivity contribution in [2.45, 2.75) is 6.92 Å². The normalized spacial score (nSPS) is 10.6. The van der Waals surface area contributed by atoms with Gasteiger partial charge in [-0.3, -0.25) is 4.79 Å². The molecular formula is C17H13BrN2O. The predicted molar refractivity (Wildman–Crippen MR) is 86.7 cm³/mol. The van der Waals surface area contributed by atoms with Gasteiger partial charge < -0.3 is 0 Å². The van der Waals surface area contributed by atoms with Crippen LogP contribution in [-0.4, -0.2) is 15.6 Å². The van der Waals surface area contributed by atoms with Gasteiger partial charge in [-0.15, -0.1) is 0 Å². The second-order valence-corrected chi connectivity index (χ2v) is 5.67. The molecule has 0 aliphatic heterocycles. The highest BCUT2D eigenvalue weighted by Gasteiger charge is 2.11. The maximum atomic E-state index is 11.8. The van der Waals surface area contributed by atoms with E-state index in [1.807, 2.05) is 54.7 Å². The molecule has 0 spiro atoms. The summed E-state index contributed by atoms with van der Waals surface area (Å²) in [6, 6.07) is 15.7. The van der Waals surface area contributed by atoms with Gasteiger partial charge in [-0.1, -0.05) is 46.3 Å². The van der Waals surface area contributed by atoms with Gasteiger partial charge in [0.15, 0.2) is 5.78 Å². The van der Waals surface area contributed by atoms with Gasteiger partial charge in [0.2, 0.25) is 0 Å². The zero-order valence-corrected chi connectivity index (χ0v) is 13.0. The van der Waals surface area contributed by atoms with Crippen LogP contribution in [0.25, 0.3) is 16.8 Å². The largest absolute Gasteiger partial charge is 0.294 e. The molecule has 3 aromatic rings. The summed E-state index contributed by atoms with van der Waals surface area (Å²) in [6.07, 6.45) is 3.74. The molecule has 3 nitrogen and oxygen atoms in total. The van der Waals surface area contributed by atoms with Gasteiger partial charge in [-0.05, 0) is 30.7 Å². The molecule has 0 fully saturated rings. The minimum atomic E-state index is 0.0167. The number of aromatic nitrogens is 2. The van der Waals surface area contributed by atoms with Gasteiger partial charge >= 0.3 is 0 Å². The van der Waals surface area contributed by atoms with E-state index in [1.165, 1.54) is 0 Å². The molecule has 0 unspecified atom stereocenters. The summed E-state index contributed by atoms with van der Waals surface area (Å²) >= 11 is 3.40. The van der Waals surface area contributed by atoms with Crippen molar-refractivity contribution >= 4 is 21.7 Å². The number of carbonyl (C=O) groups is 1. The van der Waals surface area contributed by atoms with Crippen molar-refractivity contribution < 1.29 is 4.79 Å². The molecule has 0 aliphatic carbocycles. The summed E-state index contributed by atoms with van der Waals surface area (Å²) in [7, 11) is 0. The van der Waals surface area contributed by atoms with Crippen molar-refractivity contribution in [3.05, 3.63) is 71.0 Å². The summed E-state index contributed by atoms with van der Waals surface area (Å²) in [6.45, 7) is 1.56. The lowest BCUT2D eigenvalue weighted by atomic mass is 10.1. The second-order valence-electron chi connectivity index (χ2n) is 4.76. The van der Waals surface area contributed by atoms with Crippen LogP contribution in [0, 0.1) is 0 Å². The minimum Gasteiger partial charge on any atom is -0.294 e. The Morgan fingerprint density at radius 2 is 1.86 bits per heavy atom. The van der Waals surface area contributed by atoms with Crippen LogP contribution in [0.2, 0.25) is 0 Å². The van der Waals surface area contributed by atoms with Crippen LogP contribution in [0.3, 0.4) is 0 Å². The zero-order valence-electron chi connectivity index (χ0n) is 11.5. The highest BCUT2D eigenvalue weighted by molar-refractivity contribution is 9.10. The summed E-state index contributed by atoms with van der Waals surface area (Å²) in [5.41, 5.74) is 3.55. The maximum absolute atomic E-state index is 11.8. The Labute approximate surface area is 131 Å². The predicted octanol–water partition coefficient (Wildman–Crippen LogP) is 4.50. The number of halogens is 1. The summed E-state index contributed by atoms with van der Waals surface area (Å²) in [5, 5.41) is 4.38. The molecule has 4 heteroatoms. The average Bonchev–Trinajstić information content (AvgIpc) is 2.97. The van der Waals surface area contributed by atoms with E-state index in [4.69, 9.17) is 0 Å². The number of carbonyl (C=O) groups excluding carboxylic acids is 1. The lowest BCUT2D eigenvalue weighted by molar-refractivity contribution is 0.101. The molecule has 0 aliphatic rings. The second kappa shape index (κ2) is 5.66. The Morgan fingerprint density at radius 1 is 1.10 bits per heavy atom. The molecule has 0 atom stereocenters. The van der Waals surface area contributed by atoms with Gasteiger partial charge in [0.25, 0.3) is 0 Å². The molecule has 1 heterocycles. The molecule has 0 bridgehead atoms. The molecule has 2 aromatic carbocycles. The van der Waals surface area contributed by atoms with Crippen molar-refractivity contribution in [3.8, 4) is 16.8 Å². The highest BCUT2D eigenvalue weighted by Crippen LogP contribution is 2.23. The first-order valence-electron chi connectivity index (χ1n) is 6.56. The average molecular weight is 341 g/mol. The van der Waals surface area contributed by atoms with Crippen LogP contribution in [0.1, 0.15) is 17.3 Å². The topological polar surface area (TPSA) is 34.9 Å². The lowest BCUT2D eigenvalue weighted by Gasteiger charge is -2.07. The van der Waals surface area contributed by atoms with Gasteiger partial charge in [0.05, 0.1) is 11.9 Å². The standard InChI is InChI=1S/C17H13BrN2O/c1-12(21)16-9-15(18)7-8-17(16)20-11-14(10-19-20)13-5-3-2-4-6-13/h2-11H,1H3. The molecule has 21 heavy (non-hydrogen) atoms. The van der Waals surface area contributed by atoms with E-state index in [-0.39, 0.29) is 5.78 Å². The number of ketones is 1. The molecule has 0 amide bonds. The Kier molecular flexibility index (Phi) is 3.71. The van der Waals surface area contributed by atoms with E-state index in [1.54, 1.807) is 17.8 Å². The Balaban J connectivity index is 2.07. The third-order valence-corrected chi connectivity index (χ3v) is 3.77. The van der Waals surface area contributed by atoms with Crippen molar-refractivity contribution in [3.63, 3.8) is 0 Å². The third-order valence-electron chi connectivity index (χ3n) is 3.27. The van der Waals surface area contributed by atoms with Crippen molar-refractivity contribution in [1.29, 1.82) is 0 Å². The zero-order chi connectivity index (χ0) is 14.8. The van der Waals surface area contributed by atoms with Crippen LogP contribution in [0.5, 0.6) is 0 Å². The number of hydrogen-bond acceptors (Lipinski definition) is 2. The quantitative estimate of drug-likeness (QED) is 0.657. The van der Waals surface area contributed by atoms with Gasteiger partial charge in [0, 0.05) is 21.8 Å². The van der Waals surface area contributed by atoms with Gasteiger partial charge in [-0.25, -0.2) is 4.68 Å². The maximum Gasteiger partial charge on any atom is 0.162 e. The number of nitrogens with zero attached hydrogens (tertiary/aromatic N) is 2. The Bertz CT molecular complexity index is 794. The molecule has 1 aromatic heterocycles. The molecule has 3 rings (SSSR count). The Hall–Kier alpha value is -2.20. The number of rotatable bonds is 3. The van der Waals surface area contributed by atoms with Crippen LogP contribution < -0.4 is 0 Å². The van der Waals surface area contributed by atoms with Crippen molar-refractivity contribution in [2.24, 2.45) is 0 Å². The molecular weight excluding hydrogens is 328 g/mol. The first-order chi connectivity index (χ1) is 10.1. The lowest BCUT2D eigenvalue weighted by Crippen LogP contribution is -2.03. The van der Waals surface area contributed by atoms with Gasteiger partial charge in [-0.2, -0.15) is 5.10 Å². The van der Waals surface area contributed by atoms with E-state index in [0.29, 0.717) is 5.56 Å². The van der Waals surface area contributed by atoms with Crippen LogP contribution in [0.15, 0.2) is 65.4 Å². The summed E-state index contributed by atoms with van der Waals surface area (Å²) < 4.78 is 2.62. The van der Waals surface area contributed by atoms with E-state index in [2.05, 4.69) is 21.0 Å². The monoisotopic (exact) mass is 340 g/mol. The number of Topliss-reactive ketones (excluding diaryl/α,β-unsaturated/α-hetero) is 1. The fourth-order valence-electron chi connectivity index (χ4n) is 2.22. The molecule has 0 N–H and O–H groups in total. The fraction of sp³-hybridized carbons (Fsp3) is 0.0588. The van der Waals surface area contributed by atoms with Gasteiger partial charge in [0.1, 0.15) is 0 Å². The first-order valence-corrected chi connectivity index (χ1v) is 7.35. The fourth-order valence-corrected chi connectivity index (χ4v) is 2.59. The SMILES string of the molecule is CC(=O)c1cc(Br)ccc1-n1cc(-c2ccccc2)cn1. The number of benzene rings is 2. The van der Waals surface area contributed by atoms with E-state index < -0.39 is 0 Å². The number of hydrogen-bond donors (Lipinski definition) is 0. The van der Waals surface area contributed by atoms with Crippen LogP contribution in [-0.2, 0) is 0 Å².